The zero-order chi connectivity index (χ0) is 21.5. The lowest BCUT2D eigenvalue weighted by Gasteiger charge is -2.23. The summed E-state index contributed by atoms with van der Waals surface area (Å²) in [5.74, 6) is -1.58. The van der Waals surface area contributed by atoms with Crippen LogP contribution in [0, 0.1) is 11.6 Å². The van der Waals surface area contributed by atoms with Crippen LogP contribution >= 0.6 is 11.6 Å². The van der Waals surface area contributed by atoms with E-state index in [0.717, 1.165) is 22.8 Å². The molecule has 2 N–H and O–H groups in total. The third kappa shape index (κ3) is 3.53. The van der Waals surface area contributed by atoms with E-state index in [-0.39, 0.29) is 12.1 Å². The fraction of sp³-hybridized carbons (Fsp3) is 0.0435. The first-order chi connectivity index (χ1) is 15.0. The minimum absolute atomic E-state index is 0.168. The van der Waals surface area contributed by atoms with Crippen LogP contribution in [0.1, 0.15) is 5.56 Å². The number of aromatic nitrogens is 3. The molecule has 5 nitrogen and oxygen atoms in total. The van der Waals surface area contributed by atoms with E-state index in [0.29, 0.717) is 21.9 Å². The summed E-state index contributed by atoms with van der Waals surface area (Å²) in [7, 11) is 0. The molecule has 0 amide bonds. The van der Waals surface area contributed by atoms with Gasteiger partial charge in [-0.2, -0.15) is 0 Å². The summed E-state index contributed by atoms with van der Waals surface area (Å²) in [5.41, 5.74) is 2.16. The van der Waals surface area contributed by atoms with E-state index in [1.54, 1.807) is 18.2 Å². The smallest absolute Gasteiger partial charge is 0.248 e. The zero-order valence-corrected chi connectivity index (χ0v) is 16.8. The van der Waals surface area contributed by atoms with Crippen LogP contribution in [0.2, 0.25) is 5.02 Å². The van der Waals surface area contributed by atoms with Crippen LogP contribution in [0.5, 0.6) is 0 Å². The van der Waals surface area contributed by atoms with Crippen LogP contribution < -0.4 is 10.5 Å². The average molecular weight is 437 g/mol. The summed E-state index contributed by atoms with van der Waals surface area (Å²) in [6.07, 6.45) is 0. The van der Waals surface area contributed by atoms with Crippen molar-refractivity contribution in [3.05, 3.63) is 99.3 Å². The van der Waals surface area contributed by atoms with Crippen molar-refractivity contribution < 1.29 is 8.78 Å². The Morgan fingerprint density at radius 1 is 0.968 bits per heavy atom. The van der Waals surface area contributed by atoms with Gasteiger partial charge in [0.1, 0.15) is 0 Å². The van der Waals surface area contributed by atoms with Crippen LogP contribution in [0.3, 0.4) is 0 Å². The van der Waals surface area contributed by atoms with Crippen LogP contribution in [0.25, 0.3) is 21.9 Å². The number of benzene rings is 3. The minimum Gasteiger partial charge on any atom is -0.324 e. The Labute approximate surface area is 179 Å². The van der Waals surface area contributed by atoms with Gasteiger partial charge in [0, 0.05) is 22.2 Å². The third-order valence-corrected chi connectivity index (χ3v) is 5.31. The SMILES string of the molecule is O=c1cc(CN(c2cccc(Cl)c2)c2nc3ccccc3[nH]2)c2ccc(F)c(F)c2[nH]1. The first kappa shape index (κ1) is 19.3. The number of fused-ring (bicyclic) bond motifs is 2. The molecule has 2 heterocycles. The number of H-pyrrole nitrogens is 2. The Hall–Kier alpha value is -3.71. The molecule has 5 rings (SSSR count). The quantitative estimate of drug-likeness (QED) is 0.381. The summed E-state index contributed by atoms with van der Waals surface area (Å²) in [5, 5.41) is 0.934. The number of hydrogen-bond acceptors (Lipinski definition) is 3. The van der Waals surface area contributed by atoms with Crippen molar-refractivity contribution in [3.63, 3.8) is 0 Å². The van der Waals surface area contributed by atoms with Crippen molar-refractivity contribution in [2.45, 2.75) is 6.54 Å². The Kier molecular flexibility index (Phi) is 4.67. The molecule has 2 aromatic heterocycles. The lowest BCUT2D eigenvalue weighted by atomic mass is 10.1. The molecule has 0 saturated carbocycles. The predicted molar refractivity (Wildman–Crippen MR) is 118 cm³/mol. The topological polar surface area (TPSA) is 64.8 Å². The fourth-order valence-electron chi connectivity index (χ4n) is 3.64. The van der Waals surface area contributed by atoms with Gasteiger partial charge in [-0.1, -0.05) is 29.8 Å². The number of rotatable bonds is 4. The molecule has 0 saturated heterocycles. The normalized spacial score (nSPS) is 11.3. The summed E-state index contributed by atoms with van der Waals surface area (Å²) >= 11 is 6.21. The molecule has 0 fully saturated rings. The van der Waals surface area contributed by atoms with E-state index >= 15 is 0 Å². The fourth-order valence-corrected chi connectivity index (χ4v) is 3.82. The number of para-hydroxylation sites is 2. The van der Waals surface area contributed by atoms with Crippen LogP contribution in [-0.2, 0) is 6.54 Å². The van der Waals surface area contributed by atoms with Gasteiger partial charge < -0.3 is 14.9 Å². The van der Waals surface area contributed by atoms with E-state index < -0.39 is 17.2 Å². The molecular weight excluding hydrogens is 422 g/mol. The molecule has 0 bridgehead atoms. The number of nitrogens with zero attached hydrogens (tertiary/aromatic N) is 2. The highest BCUT2D eigenvalue weighted by Gasteiger charge is 2.18. The molecule has 5 aromatic rings. The molecule has 154 valence electrons. The Morgan fingerprint density at radius 2 is 1.81 bits per heavy atom. The lowest BCUT2D eigenvalue weighted by Crippen LogP contribution is -2.20. The largest absolute Gasteiger partial charge is 0.324 e. The van der Waals surface area contributed by atoms with Gasteiger partial charge >= 0.3 is 0 Å². The number of pyridine rings is 1. The molecule has 0 aliphatic heterocycles. The van der Waals surface area contributed by atoms with Crippen molar-refractivity contribution >= 4 is 45.2 Å². The van der Waals surface area contributed by atoms with Crippen LogP contribution in [0.15, 0.2) is 71.5 Å². The van der Waals surface area contributed by atoms with E-state index in [4.69, 9.17) is 11.6 Å². The van der Waals surface area contributed by atoms with Crippen molar-refractivity contribution in [1.82, 2.24) is 15.0 Å². The van der Waals surface area contributed by atoms with Gasteiger partial charge in [-0.3, -0.25) is 4.79 Å². The predicted octanol–water partition coefficient (Wildman–Crippen LogP) is 5.67. The van der Waals surface area contributed by atoms with Gasteiger partial charge in [-0.05, 0) is 48.0 Å². The molecule has 0 spiro atoms. The van der Waals surface area contributed by atoms with Gasteiger partial charge in [0.2, 0.25) is 11.5 Å². The zero-order valence-electron chi connectivity index (χ0n) is 16.0. The standard InChI is InChI=1S/C23H15ClF2N4O/c24-14-4-3-5-15(11-14)30(23-27-18-6-1-2-7-19(18)28-23)12-13-10-20(31)29-22-16(13)8-9-17(25)21(22)26/h1-11H,12H2,(H,27,28)(H,29,31). The maximum atomic E-state index is 14.3. The summed E-state index contributed by atoms with van der Waals surface area (Å²) in [6, 6.07) is 18.6. The molecule has 0 radical (unpaired) electrons. The third-order valence-electron chi connectivity index (χ3n) is 5.08. The van der Waals surface area contributed by atoms with Crippen molar-refractivity contribution in [2.75, 3.05) is 4.90 Å². The van der Waals surface area contributed by atoms with Crippen molar-refractivity contribution in [2.24, 2.45) is 0 Å². The second-order valence-electron chi connectivity index (χ2n) is 7.09. The second-order valence-corrected chi connectivity index (χ2v) is 7.52. The molecule has 0 aliphatic rings. The number of hydrogen-bond donors (Lipinski definition) is 2. The molecular formula is C23H15ClF2N4O. The Bertz CT molecular complexity index is 1460. The van der Waals surface area contributed by atoms with E-state index in [1.165, 1.54) is 12.1 Å². The number of anilines is 2. The molecule has 31 heavy (non-hydrogen) atoms. The number of halogens is 3. The van der Waals surface area contributed by atoms with E-state index in [2.05, 4.69) is 15.0 Å². The van der Waals surface area contributed by atoms with Gasteiger partial charge in [-0.15, -0.1) is 0 Å². The maximum Gasteiger partial charge on any atom is 0.248 e. The summed E-state index contributed by atoms with van der Waals surface area (Å²) < 4.78 is 28.1. The van der Waals surface area contributed by atoms with Crippen molar-refractivity contribution in [1.29, 1.82) is 0 Å². The lowest BCUT2D eigenvalue weighted by molar-refractivity contribution is 0.515. The van der Waals surface area contributed by atoms with E-state index in [1.807, 2.05) is 35.2 Å². The van der Waals surface area contributed by atoms with Gasteiger partial charge in [0.15, 0.2) is 11.6 Å². The highest BCUT2D eigenvalue weighted by atomic mass is 35.5. The second kappa shape index (κ2) is 7.52. The van der Waals surface area contributed by atoms with Gasteiger partial charge in [0.25, 0.3) is 0 Å². The maximum absolute atomic E-state index is 14.3. The van der Waals surface area contributed by atoms with E-state index in [9.17, 15) is 13.6 Å². The molecule has 0 aliphatic carbocycles. The van der Waals surface area contributed by atoms with Gasteiger partial charge in [0.05, 0.1) is 23.1 Å². The molecule has 8 heteroatoms. The Morgan fingerprint density at radius 3 is 2.61 bits per heavy atom. The first-order valence-corrected chi connectivity index (χ1v) is 9.85. The molecule has 0 unspecified atom stereocenters. The highest BCUT2D eigenvalue weighted by molar-refractivity contribution is 6.30. The molecule has 3 aromatic carbocycles. The van der Waals surface area contributed by atoms with Crippen LogP contribution in [0.4, 0.5) is 20.4 Å². The number of aromatic amines is 2. The Balaban J connectivity index is 1.70. The highest BCUT2D eigenvalue weighted by Crippen LogP contribution is 2.31. The minimum atomic E-state index is -1.09. The number of nitrogens with one attached hydrogen (secondary N) is 2. The van der Waals surface area contributed by atoms with Gasteiger partial charge in [-0.25, -0.2) is 13.8 Å². The average Bonchev–Trinajstić information content (AvgIpc) is 3.18. The summed E-state index contributed by atoms with van der Waals surface area (Å²) in [6.45, 7) is 0.172. The van der Waals surface area contributed by atoms with Crippen LogP contribution in [-0.4, -0.2) is 15.0 Å². The first-order valence-electron chi connectivity index (χ1n) is 9.47. The summed E-state index contributed by atoms with van der Waals surface area (Å²) in [4.78, 5) is 24.4. The number of imidazole rings is 1. The monoisotopic (exact) mass is 436 g/mol. The molecule has 0 atom stereocenters. The van der Waals surface area contributed by atoms with Crippen molar-refractivity contribution in [3.8, 4) is 0 Å².